The van der Waals surface area contributed by atoms with Gasteiger partial charge in [-0.3, -0.25) is 9.59 Å². The van der Waals surface area contributed by atoms with Crippen LogP contribution in [0.3, 0.4) is 0 Å². The van der Waals surface area contributed by atoms with Gasteiger partial charge in [-0.1, -0.05) is 40.8 Å². The first-order valence-corrected chi connectivity index (χ1v) is 7.53. The van der Waals surface area contributed by atoms with E-state index in [2.05, 4.69) is 10.1 Å². The van der Waals surface area contributed by atoms with Crippen LogP contribution in [-0.4, -0.2) is 35.2 Å². The third-order valence-electron chi connectivity index (χ3n) is 2.05. The molecule has 0 bridgehead atoms. The van der Waals surface area contributed by atoms with Crippen LogP contribution in [0.15, 0.2) is 35.2 Å². The highest BCUT2D eigenvalue weighted by atomic mass is 127. The van der Waals surface area contributed by atoms with E-state index in [0.29, 0.717) is 12.3 Å². The summed E-state index contributed by atoms with van der Waals surface area (Å²) in [6, 6.07) is 9.69. The minimum atomic E-state index is -0.349. The number of rotatable bonds is 6. The number of benzene rings is 1. The van der Waals surface area contributed by atoms with Crippen LogP contribution in [0.5, 0.6) is 0 Å². The van der Waals surface area contributed by atoms with Crippen molar-refractivity contribution >= 4 is 46.2 Å². The van der Waals surface area contributed by atoms with E-state index in [1.807, 2.05) is 52.9 Å². The molecule has 0 heterocycles. The number of alkyl halides is 1. The highest BCUT2D eigenvalue weighted by Crippen LogP contribution is 2.16. The Labute approximate surface area is 124 Å². The van der Waals surface area contributed by atoms with E-state index in [-0.39, 0.29) is 15.8 Å². The monoisotopic (exact) mass is 379 g/mol. The summed E-state index contributed by atoms with van der Waals surface area (Å²) in [5.41, 5.74) is 0. The van der Waals surface area contributed by atoms with Crippen molar-refractivity contribution in [1.82, 2.24) is 5.32 Å². The Morgan fingerprint density at radius 2 is 2.06 bits per heavy atom. The second kappa shape index (κ2) is 8.36. The van der Waals surface area contributed by atoms with Crippen molar-refractivity contribution in [1.29, 1.82) is 0 Å². The molecule has 0 aliphatic rings. The van der Waals surface area contributed by atoms with Crippen LogP contribution in [-0.2, 0) is 14.3 Å². The number of ether oxygens (including phenoxy) is 1. The molecule has 1 aromatic carbocycles. The van der Waals surface area contributed by atoms with Gasteiger partial charge in [0.25, 0.3) is 0 Å². The maximum atomic E-state index is 11.5. The molecule has 18 heavy (non-hydrogen) atoms. The standard InChI is InChI=1S/C12H14INO3S/c1-17-12(16)10(13)7-14-11(15)8-18-9-5-3-2-4-6-9/h2-6,10H,7-8H2,1H3,(H,14,15). The maximum Gasteiger partial charge on any atom is 0.320 e. The van der Waals surface area contributed by atoms with E-state index in [9.17, 15) is 9.59 Å². The maximum absolute atomic E-state index is 11.5. The second-order valence-corrected chi connectivity index (χ2v) is 5.95. The van der Waals surface area contributed by atoms with Crippen molar-refractivity contribution < 1.29 is 14.3 Å². The van der Waals surface area contributed by atoms with Crippen molar-refractivity contribution in [3.63, 3.8) is 0 Å². The van der Waals surface area contributed by atoms with Crippen LogP contribution in [0, 0.1) is 0 Å². The summed E-state index contributed by atoms with van der Waals surface area (Å²) in [5.74, 6) is -0.0739. The molecule has 0 aliphatic carbocycles. The van der Waals surface area contributed by atoms with Crippen molar-refractivity contribution in [2.24, 2.45) is 0 Å². The number of methoxy groups -OCH3 is 1. The fourth-order valence-electron chi connectivity index (χ4n) is 1.13. The predicted octanol–water partition coefficient (Wildman–Crippen LogP) is 1.87. The minimum Gasteiger partial charge on any atom is -0.468 e. The highest BCUT2D eigenvalue weighted by molar-refractivity contribution is 14.1. The molecule has 6 heteroatoms. The topological polar surface area (TPSA) is 55.4 Å². The van der Waals surface area contributed by atoms with E-state index in [1.54, 1.807) is 0 Å². The average Bonchev–Trinajstić information content (AvgIpc) is 2.42. The molecule has 0 saturated carbocycles. The van der Waals surface area contributed by atoms with Crippen molar-refractivity contribution in [2.45, 2.75) is 8.82 Å². The van der Waals surface area contributed by atoms with Gasteiger partial charge in [-0.05, 0) is 12.1 Å². The number of nitrogens with one attached hydrogen (secondary N) is 1. The van der Waals surface area contributed by atoms with Crippen LogP contribution in [0.1, 0.15) is 0 Å². The lowest BCUT2D eigenvalue weighted by Gasteiger charge is -2.09. The largest absolute Gasteiger partial charge is 0.468 e. The van der Waals surface area contributed by atoms with Gasteiger partial charge in [0.2, 0.25) is 5.91 Å². The van der Waals surface area contributed by atoms with Gasteiger partial charge in [-0.15, -0.1) is 11.8 Å². The lowest BCUT2D eigenvalue weighted by atomic mass is 10.4. The van der Waals surface area contributed by atoms with Crippen molar-refractivity contribution in [3.8, 4) is 0 Å². The molecule has 1 atom stereocenters. The lowest BCUT2D eigenvalue weighted by molar-refractivity contribution is -0.139. The predicted molar refractivity (Wildman–Crippen MR) is 80.0 cm³/mol. The zero-order valence-electron chi connectivity index (χ0n) is 9.89. The normalized spacial score (nSPS) is 11.7. The van der Waals surface area contributed by atoms with Crippen LogP contribution in [0.4, 0.5) is 0 Å². The first-order valence-electron chi connectivity index (χ1n) is 5.30. The van der Waals surface area contributed by atoms with Gasteiger partial charge in [0.1, 0.15) is 3.92 Å². The van der Waals surface area contributed by atoms with Gasteiger partial charge < -0.3 is 10.1 Å². The number of thioether (sulfide) groups is 1. The Morgan fingerprint density at radius 3 is 2.67 bits per heavy atom. The van der Waals surface area contributed by atoms with E-state index < -0.39 is 0 Å². The summed E-state index contributed by atoms with van der Waals surface area (Å²) in [6.45, 7) is 0.293. The molecule has 1 unspecified atom stereocenters. The number of carbonyl (C=O) groups is 2. The zero-order chi connectivity index (χ0) is 13.4. The molecule has 0 aromatic heterocycles. The summed E-state index contributed by atoms with van der Waals surface area (Å²) >= 11 is 3.41. The molecule has 0 spiro atoms. The van der Waals surface area contributed by atoms with Gasteiger partial charge in [-0.2, -0.15) is 0 Å². The molecule has 0 radical (unpaired) electrons. The number of carbonyl (C=O) groups excluding carboxylic acids is 2. The molecule has 4 nitrogen and oxygen atoms in total. The van der Waals surface area contributed by atoms with E-state index in [1.165, 1.54) is 18.9 Å². The van der Waals surface area contributed by atoms with E-state index in [0.717, 1.165) is 4.90 Å². The lowest BCUT2D eigenvalue weighted by Crippen LogP contribution is -2.34. The Balaban J connectivity index is 2.24. The molecular weight excluding hydrogens is 365 g/mol. The van der Waals surface area contributed by atoms with Crippen LogP contribution in [0.25, 0.3) is 0 Å². The summed E-state index contributed by atoms with van der Waals surface area (Å²) < 4.78 is 4.22. The number of hydrogen-bond donors (Lipinski definition) is 1. The highest BCUT2D eigenvalue weighted by Gasteiger charge is 2.15. The van der Waals surface area contributed by atoms with Gasteiger partial charge in [-0.25, -0.2) is 0 Å². The number of esters is 1. The van der Waals surface area contributed by atoms with Gasteiger partial charge in [0, 0.05) is 11.4 Å². The van der Waals surface area contributed by atoms with Crippen LogP contribution < -0.4 is 5.32 Å². The number of halogens is 1. The number of hydrogen-bond acceptors (Lipinski definition) is 4. The SMILES string of the molecule is COC(=O)C(I)CNC(=O)CSc1ccccc1. The Hall–Kier alpha value is -0.760. The fourth-order valence-corrected chi connectivity index (χ4v) is 2.36. The summed E-state index contributed by atoms with van der Waals surface area (Å²) in [7, 11) is 1.33. The summed E-state index contributed by atoms with van der Waals surface area (Å²) in [5, 5.41) is 2.70. The second-order valence-electron chi connectivity index (χ2n) is 3.40. The molecule has 0 saturated heterocycles. The third kappa shape index (κ3) is 5.72. The molecule has 1 amide bonds. The smallest absolute Gasteiger partial charge is 0.320 e. The fraction of sp³-hybridized carbons (Fsp3) is 0.333. The van der Waals surface area contributed by atoms with Crippen LogP contribution >= 0.6 is 34.4 Å². The molecular formula is C12H14INO3S. The molecule has 1 rings (SSSR count). The number of amides is 1. The molecule has 98 valence electrons. The summed E-state index contributed by atoms with van der Waals surface area (Å²) in [6.07, 6.45) is 0. The molecule has 0 aliphatic heterocycles. The quantitative estimate of drug-likeness (QED) is 0.355. The Bertz CT molecular complexity index is 400. The first-order chi connectivity index (χ1) is 8.63. The van der Waals surface area contributed by atoms with E-state index >= 15 is 0 Å². The first kappa shape index (κ1) is 15.3. The Kier molecular flexibility index (Phi) is 7.11. The van der Waals surface area contributed by atoms with Crippen LogP contribution in [0.2, 0.25) is 0 Å². The van der Waals surface area contributed by atoms with Gasteiger partial charge >= 0.3 is 5.97 Å². The third-order valence-corrected chi connectivity index (χ3v) is 4.01. The molecule has 0 fully saturated rings. The van der Waals surface area contributed by atoms with Gasteiger partial charge in [0.15, 0.2) is 0 Å². The Morgan fingerprint density at radius 1 is 1.39 bits per heavy atom. The zero-order valence-corrected chi connectivity index (χ0v) is 12.9. The minimum absolute atomic E-state index is 0.0885. The summed E-state index contributed by atoms with van der Waals surface area (Å²) in [4.78, 5) is 23.7. The van der Waals surface area contributed by atoms with E-state index in [4.69, 9.17) is 0 Å². The van der Waals surface area contributed by atoms with Crippen molar-refractivity contribution in [2.75, 3.05) is 19.4 Å². The van der Waals surface area contributed by atoms with Crippen molar-refractivity contribution in [3.05, 3.63) is 30.3 Å². The average molecular weight is 379 g/mol. The molecule has 1 aromatic rings. The van der Waals surface area contributed by atoms with Gasteiger partial charge in [0.05, 0.1) is 12.9 Å². The molecule has 1 N–H and O–H groups in total.